The molecule has 7 heteroatoms. The minimum Gasteiger partial charge on any atom is -0.507 e. The Kier molecular flexibility index (Phi) is 6.16. The van der Waals surface area contributed by atoms with Crippen LogP contribution in [0.1, 0.15) is 29.4 Å². The van der Waals surface area contributed by atoms with Gasteiger partial charge < -0.3 is 19.5 Å². The van der Waals surface area contributed by atoms with Crippen molar-refractivity contribution in [3.05, 3.63) is 48.0 Å². The second kappa shape index (κ2) is 8.32. The number of para-hydroxylation sites is 1. The Labute approximate surface area is 145 Å². The van der Waals surface area contributed by atoms with Crippen molar-refractivity contribution in [1.82, 2.24) is 9.55 Å². The SMILES string of the molecule is CC[C@@H]1C(=O)OC[C@@H]1Cc1cncn1C.O=C(O)c1ccccc1O. The summed E-state index contributed by atoms with van der Waals surface area (Å²) in [7, 11) is 1.97. The van der Waals surface area contributed by atoms with Crippen LogP contribution in [0.5, 0.6) is 5.75 Å². The Morgan fingerprint density at radius 2 is 2.12 bits per heavy atom. The van der Waals surface area contributed by atoms with E-state index >= 15 is 0 Å². The van der Waals surface area contributed by atoms with Crippen molar-refractivity contribution in [1.29, 1.82) is 0 Å². The lowest BCUT2D eigenvalue weighted by Gasteiger charge is -2.12. The first kappa shape index (κ1) is 18.5. The van der Waals surface area contributed by atoms with E-state index in [0.29, 0.717) is 12.5 Å². The Balaban J connectivity index is 0.000000196. The highest BCUT2D eigenvalue weighted by Gasteiger charge is 2.35. The number of aromatic carboxylic acids is 1. The molecule has 2 atom stereocenters. The number of hydrogen-bond acceptors (Lipinski definition) is 5. The third-order valence-corrected chi connectivity index (χ3v) is 4.27. The Hall–Kier alpha value is -2.83. The van der Waals surface area contributed by atoms with Gasteiger partial charge in [0.15, 0.2) is 0 Å². The van der Waals surface area contributed by atoms with Gasteiger partial charge in [-0.2, -0.15) is 0 Å². The molecule has 0 radical (unpaired) electrons. The highest BCUT2D eigenvalue weighted by atomic mass is 16.5. The van der Waals surface area contributed by atoms with E-state index in [-0.39, 0.29) is 23.2 Å². The lowest BCUT2D eigenvalue weighted by Crippen LogP contribution is -2.18. The maximum atomic E-state index is 11.4. The van der Waals surface area contributed by atoms with Crippen molar-refractivity contribution in [3.63, 3.8) is 0 Å². The van der Waals surface area contributed by atoms with E-state index in [2.05, 4.69) is 4.98 Å². The quantitative estimate of drug-likeness (QED) is 0.823. The van der Waals surface area contributed by atoms with Crippen LogP contribution in [-0.2, 0) is 23.0 Å². The number of hydrogen-bond donors (Lipinski definition) is 2. The fourth-order valence-electron chi connectivity index (χ4n) is 2.81. The maximum absolute atomic E-state index is 11.4. The van der Waals surface area contributed by atoms with Gasteiger partial charge in [-0.3, -0.25) is 4.79 Å². The molecule has 25 heavy (non-hydrogen) atoms. The summed E-state index contributed by atoms with van der Waals surface area (Å²) in [5.74, 6) is -0.962. The molecule has 0 aliphatic carbocycles. The summed E-state index contributed by atoms with van der Waals surface area (Å²) in [6.07, 6.45) is 5.38. The molecule has 0 spiro atoms. The van der Waals surface area contributed by atoms with Gasteiger partial charge in [0, 0.05) is 24.9 Å². The molecule has 3 rings (SSSR count). The molecule has 2 heterocycles. The number of phenols is 1. The molecular weight excluding hydrogens is 324 g/mol. The van der Waals surface area contributed by atoms with Crippen molar-refractivity contribution >= 4 is 11.9 Å². The molecule has 1 saturated heterocycles. The standard InChI is InChI=1S/C11H16N2O2.C7H6O3/c1-3-10-8(6-15-11(10)14)4-9-5-12-7-13(9)2;8-6-4-2-1-3-5(6)7(9)10/h5,7-8,10H,3-4,6H2,1-2H3;1-4,8H,(H,9,10)/t8-,10-;/m0./s1. The normalized spacial score (nSPS) is 19.0. The molecule has 134 valence electrons. The zero-order valence-electron chi connectivity index (χ0n) is 14.3. The van der Waals surface area contributed by atoms with Crippen LogP contribution >= 0.6 is 0 Å². The van der Waals surface area contributed by atoms with Crippen molar-refractivity contribution in [2.75, 3.05) is 6.61 Å². The second-order valence-electron chi connectivity index (χ2n) is 5.93. The van der Waals surface area contributed by atoms with Gasteiger partial charge in [-0.05, 0) is 25.0 Å². The van der Waals surface area contributed by atoms with Gasteiger partial charge in [0.2, 0.25) is 0 Å². The molecular formula is C18H22N2O5. The van der Waals surface area contributed by atoms with Crippen LogP contribution in [0.15, 0.2) is 36.8 Å². The Morgan fingerprint density at radius 1 is 1.40 bits per heavy atom. The number of ether oxygens (including phenoxy) is 1. The van der Waals surface area contributed by atoms with Gasteiger partial charge in [0.25, 0.3) is 0 Å². The van der Waals surface area contributed by atoms with Crippen LogP contribution in [0.2, 0.25) is 0 Å². The van der Waals surface area contributed by atoms with Crippen molar-refractivity contribution in [3.8, 4) is 5.75 Å². The Bertz CT molecular complexity index is 741. The van der Waals surface area contributed by atoms with E-state index in [4.69, 9.17) is 14.9 Å². The van der Waals surface area contributed by atoms with E-state index in [0.717, 1.165) is 18.5 Å². The van der Waals surface area contributed by atoms with Crippen LogP contribution in [0.25, 0.3) is 0 Å². The number of carbonyl (C=O) groups is 2. The molecule has 0 saturated carbocycles. The van der Waals surface area contributed by atoms with E-state index in [1.54, 1.807) is 18.5 Å². The molecule has 2 N–H and O–H groups in total. The first-order valence-corrected chi connectivity index (χ1v) is 8.07. The predicted octanol–water partition coefficient (Wildman–Crippen LogP) is 2.25. The number of carboxylic acids is 1. The Morgan fingerprint density at radius 3 is 2.64 bits per heavy atom. The molecule has 1 aliphatic rings. The summed E-state index contributed by atoms with van der Waals surface area (Å²) in [6, 6.07) is 5.81. The minimum absolute atomic E-state index is 0.0373. The number of carbonyl (C=O) groups excluding carboxylic acids is 1. The first-order chi connectivity index (χ1) is 11.9. The molecule has 1 aliphatic heterocycles. The number of benzene rings is 1. The van der Waals surface area contributed by atoms with Gasteiger partial charge in [0.1, 0.15) is 11.3 Å². The number of esters is 1. The second-order valence-corrected chi connectivity index (χ2v) is 5.93. The summed E-state index contributed by atoms with van der Waals surface area (Å²) < 4.78 is 7.08. The van der Waals surface area contributed by atoms with Crippen LogP contribution in [0.4, 0.5) is 0 Å². The molecule has 0 unspecified atom stereocenters. The number of aryl methyl sites for hydroxylation is 1. The molecule has 1 aromatic carbocycles. The lowest BCUT2D eigenvalue weighted by molar-refractivity contribution is -0.141. The summed E-state index contributed by atoms with van der Waals surface area (Å²) in [4.78, 5) is 25.7. The van der Waals surface area contributed by atoms with E-state index in [1.807, 2.05) is 24.7 Å². The number of imidazole rings is 1. The van der Waals surface area contributed by atoms with Crippen molar-refractivity contribution in [2.24, 2.45) is 18.9 Å². The summed E-state index contributed by atoms with van der Waals surface area (Å²) in [6.45, 7) is 2.59. The maximum Gasteiger partial charge on any atom is 0.339 e. The molecule has 1 fully saturated rings. The smallest absolute Gasteiger partial charge is 0.339 e. The monoisotopic (exact) mass is 346 g/mol. The topological polar surface area (TPSA) is 102 Å². The highest BCUT2D eigenvalue weighted by Crippen LogP contribution is 2.27. The summed E-state index contributed by atoms with van der Waals surface area (Å²) >= 11 is 0. The average Bonchev–Trinajstić information content (AvgIpc) is 3.14. The minimum atomic E-state index is -1.11. The van der Waals surface area contributed by atoms with E-state index in [1.165, 1.54) is 12.1 Å². The third kappa shape index (κ3) is 4.59. The lowest BCUT2D eigenvalue weighted by atomic mass is 9.89. The summed E-state index contributed by atoms with van der Waals surface area (Å²) in [5.41, 5.74) is 1.10. The fourth-order valence-corrected chi connectivity index (χ4v) is 2.81. The van der Waals surface area contributed by atoms with Gasteiger partial charge in [-0.15, -0.1) is 0 Å². The van der Waals surface area contributed by atoms with Crippen LogP contribution in [0.3, 0.4) is 0 Å². The number of nitrogens with zero attached hydrogens (tertiary/aromatic N) is 2. The van der Waals surface area contributed by atoms with E-state index in [9.17, 15) is 9.59 Å². The largest absolute Gasteiger partial charge is 0.507 e. The number of cyclic esters (lactones) is 1. The number of aromatic hydroxyl groups is 1. The zero-order valence-corrected chi connectivity index (χ0v) is 14.3. The fraction of sp³-hybridized carbons (Fsp3) is 0.389. The van der Waals surface area contributed by atoms with E-state index < -0.39 is 5.97 Å². The number of carboxylic acid groups (broad SMARTS) is 1. The van der Waals surface area contributed by atoms with Crippen molar-refractivity contribution < 1.29 is 24.5 Å². The van der Waals surface area contributed by atoms with Crippen LogP contribution < -0.4 is 0 Å². The molecule has 0 amide bonds. The molecule has 7 nitrogen and oxygen atoms in total. The van der Waals surface area contributed by atoms with Crippen LogP contribution in [0, 0.1) is 11.8 Å². The van der Waals surface area contributed by atoms with Crippen molar-refractivity contribution in [2.45, 2.75) is 19.8 Å². The molecule has 1 aromatic heterocycles. The number of aromatic nitrogens is 2. The van der Waals surface area contributed by atoms with Crippen LogP contribution in [-0.4, -0.2) is 38.3 Å². The van der Waals surface area contributed by atoms with Gasteiger partial charge in [-0.25, -0.2) is 9.78 Å². The van der Waals surface area contributed by atoms with Gasteiger partial charge >= 0.3 is 11.9 Å². The van der Waals surface area contributed by atoms with Gasteiger partial charge in [-0.1, -0.05) is 19.1 Å². The average molecular weight is 346 g/mol. The first-order valence-electron chi connectivity index (χ1n) is 8.07. The molecule has 0 bridgehead atoms. The highest BCUT2D eigenvalue weighted by molar-refractivity contribution is 5.90. The zero-order chi connectivity index (χ0) is 18.4. The number of rotatable bonds is 4. The summed E-state index contributed by atoms with van der Waals surface area (Å²) in [5, 5.41) is 17.3. The predicted molar refractivity (Wildman–Crippen MR) is 90.2 cm³/mol. The van der Waals surface area contributed by atoms with Gasteiger partial charge in [0.05, 0.1) is 18.9 Å². The molecule has 2 aromatic rings. The third-order valence-electron chi connectivity index (χ3n) is 4.27.